The van der Waals surface area contributed by atoms with Gasteiger partial charge in [0.05, 0.1) is 5.70 Å². The number of allylic oxidation sites excluding steroid dienone is 1. The highest BCUT2D eigenvalue weighted by molar-refractivity contribution is 6.07. The van der Waals surface area contributed by atoms with Crippen LogP contribution in [0.2, 0.25) is 0 Å². The van der Waals surface area contributed by atoms with E-state index in [0.29, 0.717) is 5.92 Å². The maximum Gasteiger partial charge on any atom is 0.106 e. The molecule has 3 aliphatic rings. The van der Waals surface area contributed by atoms with Gasteiger partial charge in [0.25, 0.3) is 0 Å². The topological polar surface area (TPSA) is 40.8 Å². The van der Waals surface area contributed by atoms with E-state index in [1.54, 1.807) is 0 Å². The second-order valence-corrected chi connectivity index (χ2v) is 7.49. The molecule has 2 bridgehead atoms. The van der Waals surface area contributed by atoms with E-state index < -0.39 is 0 Å². The van der Waals surface area contributed by atoms with Gasteiger partial charge in [0.15, 0.2) is 0 Å². The summed E-state index contributed by atoms with van der Waals surface area (Å²) in [5.74, 6) is 0.393. The minimum Gasteiger partial charge on any atom is -0.411 e. The normalized spacial score (nSPS) is 20.2. The molecule has 3 saturated heterocycles. The van der Waals surface area contributed by atoms with Gasteiger partial charge in [-0.2, -0.15) is 0 Å². The molecule has 1 aromatic heterocycles. The van der Waals surface area contributed by atoms with Crippen molar-refractivity contribution in [1.82, 2.24) is 9.47 Å². The number of aromatic nitrogens is 1. The Morgan fingerprint density at radius 1 is 1.00 bits per heavy atom. The number of hydrogen-bond donors (Lipinski definition) is 1. The average Bonchev–Trinajstić information content (AvgIpc) is 3.07. The van der Waals surface area contributed by atoms with Crippen molar-refractivity contribution in [2.75, 3.05) is 13.1 Å². The van der Waals surface area contributed by atoms with Crippen LogP contribution in [0.15, 0.2) is 71.6 Å². The minimum absolute atomic E-state index is 0.393. The number of hydrogen-bond acceptors (Lipinski definition) is 3. The van der Waals surface area contributed by atoms with Gasteiger partial charge < -0.3 is 14.7 Å². The van der Waals surface area contributed by atoms with E-state index in [-0.39, 0.29) is 0 Å². The van der Waals surface area contributed by atoms with E-state index in [1.807, 2.05) is 0 Å². The van der Waals surface area contributed by atoms with Crippen LogP contribution in [0, 0.1) is 5.92 Å². The second-order valence-electron chi connectivity index (χ2n) is 7.49. The van der Waals surface area contributed by atoms with E-state index in [4.69, 9.17) is 0 Å². The molecule has 0 amide bonds. The molecular weight excluding hydrogens is 334 g/mol. The summed E-state index contributed by atoms with van der Waals surface area (Å²) in [4.78, 5) is 2.36. The molecule has 0 radical (unpaired) electrons. The SMILES string of the molecule is O/N=C1/C(=C/c2cn(Cc3ccccc3)c3ccccc23)N2CCC1CC2. The minimum atomic E-state index is 0.393. The Hall–Kier alpha value is -3.01. The van der Waals surface area contributed by atoms with Gasteiger partial charge in [0.2, 0.25) is 0 Å². The Balaban J connectivity index is 1.60. The van der Waals surface area contributed by atoms with E-state index in [2.05, 4.69) is 81.5 Å². The van der Waals surface area contributed by atoms with E-state index in [0.717, 1.165) is 43.9 Å². The van der Waals surface area contributed by atoms with Crippen LogP contribution in [0.5, 0.6) is 0 Å². The smallest absolute Gasteiger partial charge is 0.106 e. The molecular formula is C23H23N3O. The van der Waals surface area contributed by atoms with Crippen molar-refractivity contribution < 1.29 is 5.21 Å². The first-order valence-electron chi connectivity index (χ1n) is 9.64. The molecule has 6 rings (SSSR count). The molecule has 1 N–H and O–H groups in total. The van der Waals surface area contributed by atoms with Gasteiger partial charge in [-0.1, -0.05) is 53.7 Å². The van der Waals surface area contributed by atoms with Crippen molar-refractivity contribution in [1.29, 1.82) is 0 Å². The Morgan fingerprint density at radius 2 is 1.74 bits per heavy atom. The highest BCUT2D eigenvalue weighted by atomic mass is 16.4. The number of benzene rings is 2. The highest BCUT2D eigenvalue weighted by Gasteiger charge is 2.35. The predicted molar refractivity (Wildman–Crippen MR) is 109 cm³/mol. The van der Waals surface area contributed by atoms with Crippen molar-refractivity contribution >= 4 is 22.7 Å². The number of fused-ring (bicyclic) bond motifs is 4. The molecule has 3 fully saturated rings. The number of para-hydroxylation sites is 1. The van der Waals surface area contributed by atoms with Crippen LogP contribution in [0.3, 0.4) is 0 Å². The largest absolute Gasteiger partial charge is 0.411 e. The predicted octanol–water partition coefficient (Wildman–Crippen LogP) is 4.59. The molecule has 0 aliphatic carbocycles. The number of oxime groups is 1. The van der Waals surface area contributed by atoms with Gasteiger partial charge in [0, 0.05) is 48.2 Å². The lowest BCUT2D eigenvalue weighted by Gasteiger charge is -2.42. The number of rotatable bonds is 3. The summed E-state index contributed by atoms with van der Waals surface area (Å²) in [6.45, 7) is 2.95. The standard InChI is InChI=1S/C23H23N3O/c27-24-23-18-10-12-25(13-11-18)22(23)14-19-16-26(15-17-6-2-1-3-7-17)21-9-5-4-8-20(19)21/h1-9,14,16,18,27H,10-13,15H2/b22-14-,24-23+. The Morgan fingerprint density at radius 3 is 2.52 bits per heavy atom. The molecule has 0 spiro atoms. The average molecular weight is 357 g/mol. The van der Waals surface area contributed by atoms with Gasteiger partial charge in [-0.25, -0.2) is 0 Å². The van der Waals surface area contributed by atoms with Crippen molar-refractivity contribution in [3.8, 4) is 0 Å². The van der Waals surface area contributed by atoms with Crippen molar-refractivity contribution in [3.05, 3.63) is 77.6 Å². The molecule has 4 nitrogen and oxygen atoms in total. The molecule has 0 unspecified atom stereocenters. The Kier molecular flexibility index (Phi) is 3.97. The molecule has 27 heavy (non-hydrogen) atoms. The zero-order valence-electron chi connectivity index (χ0n) is 15.3. The van der Waals surface area contributed by atoms with Crippen molar-refractivity contribution in [3.63, 3.8) is 0 Å². The highest BCUT2D eigenvalue weighted by Crippen LogP contribution is 2.34. The first-order chi connectivity index (χ1) is 13.3. The second kappa shape index (κ2) is 6.62. The summed E-state index contributed by atoms with van der Waals surface area (Å²) in [7, 11) is 0. The summed E-state index contributed by atoms with van der Waals surface area (Å²) >= 11 is 0. The molecule has 0 atom stereocenters. The molecule has 4 heteroatoms. The molecule has 136 valence electrons. The van der Waals surface area contributed by atoms with E-state index in [9.17, 15) is 5.21 Å². The van der Waals surface area contributed by atoms with Crippen LogP contribution in [0.25, 0.3) is 17.0 Å². The summed E-state index contributed by atoms with van der Waals surface area (Å²) < 4.78 is 2.31. The van der Waals surface area contributed by atoms with Crippen LogP contribution >= 0.6 is 0 Å². The van der Waals surface area contributed by atoms with Crippen molar-refractivity contribution in [2.24, 2.45) is 11.1 Å². The zero-order chi connectivity index (χ0) is 18.2. The van der Waals surface area contributed by atoms with Gasteiger partial charge in [-0.3, -0.25) is 0 Å². The first kappa shape index (κ1) is 16.2. The van der Waals surface area contributed by atoms with Gasteiger partial charge in [0.1, 0.15) is 5.71 Å². The van der Waals surface area contributed by atoms with Crippen LogP contribution in [0.1, 0.15) is 24.0 Å². The summed E-state index contributed by atoms with van der Waals surface area (Å²) in [5.41, 5.74) is 5.64. The third kappa shape index (κ3) is 2.81. The summed E-state index contributed by atoms with van der Waals surface area (Å²) in [5, 5.41) is 14.5. The molecule has 3 aromatic rings. The quantitative estimate of drug-likeness (QED) is 0.550. The van der Waals surface area contributed by atoms with Crippen LogP contribution < -0.4 is 0 Å². The fraction of sp³-hybridized carbons (Fsp3) is 0.261. The van der Waals surface area contributed by atoms with Crippen LogP contribution in [0.4, 0.5) is 0 Å². The maximum atomic E-state index is 9.59. The fourth-order valence-electron chi connectivity index (χ4n) is 4.51. The van der Waals surface area contributed by atoms with Crippen molar-refractivity contribution in [2.45, 2.75) is 19.4 Å². The zero-order valence-corrected chi connectivity index (χ0v) is 15.3. The van der Waals surface area contributed by atoms with Crippen LogP contribution in [-0.4, -0.2) is 33.5 Å². The third-order valence-electron chi connectivity index (χ3n) is 5.90. The lowest BCUT2D eigenvalue weighted by Crippen LogP contribution is -2.46. The summed E-state index contributed by atoms with van der Waals surface area (Å²) in [6, 6.07) is 19.1. The fourth-order valence-corrected chi connectivity index (χ4v) is 4.51. The first-order valence-corrected chi connectivity index (χ1v) is 9.64. The molecule has 3 aliphatic heterocycles. The van der Waals surface area contributed by atoms with Gasteiger partial charge >= 0.3 is 0 Å². The summed E-state index contributed by atoms with van der Waals surface area (Å²) in [6.07, 6.45) is 6.62. The van der Waals surface area contributed by atoms with Gasteiger partial charge in [-0.15, -0.1) is 0 Å². The lowest BCUT2D eigenvalue weighted by molar-refractivity contribution is 0.229. The Labute approximate surface area is 159 Å². The van der Waals surface area contributed by atoms with Gasteiger partial charge in [-0.05, 0) is 30.5 Å². The molecule has 2 aromatic carbocycles. The monoisotopic (exact) mass is 357 g/mol. The van der Waals surface area contributed by atoms with Crippen LogP contribution in [-0.2, 0) is 6.54 Å². The Bertz CT molecular complexity index is 1020. The van der Waals surface area contributed by atoms with E-state index in [1.165, 1.54) is 22.0 Å². The molecule has 0 saturated carbocycles. The van der Waals surface area contributed by atoms with E-state index >= 15 is 0 Å². The third-order valence-corrected chi connectivity index (χ3v) is 5.90. The maximum absolute atomic E-state index is 9.59. The number of piperidine rings is 3. The lowest BCUT2D eigenvalue weighted by atomic mass is 9.83. The molecule has 4 heterocycles. The number of nitrogens with zero attached hydrogens (tertiary/aromatic N) is 3.